The second-order valence-electron chi connectivity index (χ2n) is 1.22. The van der Waals surface area contributed by atoms with Gasteiger partial charge in [0.15, 0.2) is 0 Å². The molecule has 0 aromatic carbocycles. The van der Waals surface area contributed by atoms with E-state index in [1.165, 1.54) is 0 Å². The van der Waals surface area contributed by atoms with Crippen molar-refractivity contribution < 1.29 is 9.90 Å². The molecule has 0 saturated carbocycles. The van der Waals surface area contributed by atoms with Crippen molar-refractivity contribution in [3.63, 3.8) is 0 Å². The highest BCUT2D eigenvalue weighted by molar-refractivity contribution is 7.96. The highest BCUT2D eigenvalue weighted by Crippen LogP contribution is 1.79. The molecule has 8 heavy (non-hydrogen) atoms. The van der Waals surface area contributed by atoms with Crippen LogP contribution in [-0.2, 0) is 0 Å². The zero-order chi connectivity index (χ0) is 6.57. The smallest absolute Gasteiger partial charge is 0.276 e. The first-order chi connectivity index (χ1) is 3.63. The van der Waals surface area contributed by atoms with Crippen LogP contribution in [0.15, 0.2) is 12.3 Å². The van der Waals surface area contributed by atoms with Gasteiger partial charge in [0.25, 0.3) is 5.24 Å². The van der Waals surface area contributed by atoms with E-state index in [2.05, 4.69) is 24.5 Å². The summed E-state index contributed by atoms with van der Waals surface area (Å²) in [5.74, 6) is -0.0765. The van der Waals surface area contributed by atoms with E-state index < -0.39 is 5.24 Å². The van der Waals surface area contributed by atoms with Crippen molar-refractivity contribution in [1.29, 1.82) is 0 Å². The average Bonchev–Trinajstić information content (AvgIpc) is 1.61. The molecule has 0 fully saturated rings. The second kappa shape index (κ2) is 3.37. The Balaban J connectivity index is 3.18. The molecule has 0 atom stereocenters. The van der Waals surface area contributed by atoms with Gasteiger partial charge in [-0.15, -0.1) is 0 Å². The number of amides is 1. The van der Waals surface area contributed by atoms with Crippen LogP contribution in [0.1, 0.15) is 0 Å². The quantitative estimate of drug-likeness (QED) is 0.383. The number of rotatable bonds is 2. The minimum Gasteiger partial charge on any atom is -0.511 e. The van der Waals surface area contributed by atoms with Gasteiger partial charge in [-0.1, -0.05) is 19.2 Å². The Morgan fingerprint density at radius 2 is 2.38 bits per heavy atom. The summed E-state index contributed by atoms with van der Waals surface area (Å²) < 4.78 is 0. The minimum absolute atomic E-state index is 0.0718. The zero-order valence-corrected chi connectivity index (χ0v) is 5.11. The fraction of sp³-hybridized carbons (Fsp3) is 0.250. The van der Waals surface area contributed by atoms with Crippen molar-refractivity contribution in [1.82, 2.24) is 5.32 Å². The Labute approximate surface area is 52.8 Å². The molecule has 4 heteroatoms. The lowest BCUT2D eigenvalue weighted by atomic mass is 10.6. The summed E-state index contributed by atoms with van der Waals surface area (Å²) in [5, 5.41) is 10.1. The fourth-order valence-electron chi connectivity index (χ4n) is 0.178. The molecular weight excluding hydrogens is 126 g/mol. The van der Waals surface area contributed by atoms with E-state index in [1.54, 1.807) is 0 Å². The predicted molar refractivity (Wildman–Crippen MR) is 34.2 cm³/mol. The van der Waals surface area contributed by atoms with Crippen LogP contribution in [0.2, 0.25) is 0 Å². The first-order valence-electron chi connectivity index (χ1n) is 1.96. The maximum atomic E-state index is 9.95. The number of carbonyl (C=O) groups is 1. The Morgan fingerprint density at radius 3 is 2.50 bits per heavy atom. The maximum Gasteiger partial charge on any atom is 0.276 e. The number of thiol groups is 1. The van der Waals surface area contributed by atoms with Crippen molar-refractivity contribution >= 4 is 17.9 Å². The van der Waals surface area contributed by atoms with Crippen LogP contribution in [0.3, 0.4) is 0 Å². The molecule has 0 bridgehead atoms. The largest absolute Gasteiger partial charge is 0.511 e. The summed E-state index contributed by atoms with van der Waals surface area (Å²) in [5.41, 5.74) is 0. The molecule has 2 N–H and O–H groups in total. The first-order valence-corrected chi connectivity index (χ1v) is 2.41. The second-order valence-corrected chi connectivity index (χ2v) is 1.63. The monoisotopic (exact) mass is 133 g/mol. The molecule has 0 aliphatic rings. The zero-order valence-electron chi connectivity index (χ0n) is 4.22. The number of nitrogens with one attached hydrogen (secondary N) is 1. The van der Waals surface area contributed by atoms with E-state index in [0.29, 0.717) is 0 Å². The van der Waals surface area contributed by atoms with Crippen molar-refractivity contribution in [2.45, 2.75) is 0 Å². The Bertz CT molecular complexity index is 98.6. The van der Waals surface area contributed by atoms with Crippen LogP contribution in [0.4, 0.5) is 4.79 Å². The summed E-state index contributed by atoms with van der Waals surface area (Å²) in [6, 6.07) is 0. The van der Waals surface area contributed by atoms with Gasteiger partial charge >= 0.3 is 0 Å². The van der Waals surface area contributed by atoms with Crippen molar-refractivity contribution in [3.8, 4) is 0 Å². The highest BCUT2D eigenvalue weighted by Gasteiger charge is 1.89. The lowest BCUT2D eigenvalue weighted by molar-refractivity contribution is 0.260. The molecular formula is C4H7NO2S. The SMILES string of the molecule is C=C(O)CNC(=O)S. The molecule has 0 saturated heterocycles. The summed E-state index contributed by atoms with van der Waals surface area (Å²) in [7, 11) is 0. The first kappa shape index (κ1) is 7.36. The summed E-state index contributed by atoms with van der Waals surface area (Å²) in [6.45, 7) is 3.21. The summed E-state index contributed by atoms with van der Waals surface area (Å²) >= 11 is 3.37. The average molecular weight is 133 g/mol. The molecule has 3 nitrogen and oxygen atoms in total. The molecule has 0 spiro atoms. The summed E-state index contributed by atoms with van der Waals surface area (Å²) in [4.78, 5) is 9.95. The third kappa shape index (κ3) is 5.36. The Morgan fingerprint density at radius 1 is 1.88 bits per heavy atom. The van der Waals surface area contributed by atoms with Crippen molar-refractivity contribution in [2.75, 3.05) is 6.54 Å². The van der Waals surface area contributed by atoms with E-state index in [0.717, 1.165) is 0 Å². The molecule has 0 heterocycles. The van der Waals surface area contributed by atoms with Crippen LogP contribution in [-0.4, -0.2) is 16.9 Å². The van der Waals surface area contributed by atoms with Crippen LogP contribution in [0.25, 0.3) is 0 Å². The van der Waals surface area contributed by atoms with Gasteiger partial charge in [0, 0.05) is 0 Å². The number of hydrogen-bond donors (Lipinski definition) is 3. The third-order valence-electron chi connectivity index (χ3n) is 0.444. The molecule has 1 amide bonds. The number of aliphatic hydroxyl groups is 1. The topological polar surface area (TPSA) is 49.3 Å². The van der Waals surface area contributed by atoms with E-state index in [-0.39, 0.29) is 12.3 Å². The maximum absolute atomic E-state index is 9.95. The molecule has 46 valence electrons. The fourth-order valence-corrected chi connectivity index (χ4v) is 0.257. The predicted octanol–water partition coefficient (Wildman–Crippen LogP) is 0.697. The minimum atomic E-state index is -0.472. The van der Waals surface area contributed by atoms with Gasteiger partial charge in [0.2, 0.25) is 0 Å². The van der Waals surface area contributed by atoms with Gasteiger partial charge in [0.1, 0.15) is 5.76 Å². The van der Waals surface area contributed by atoms with Gasteiger partial charge < -0.3 is 10.4 Å². The lowest BCUT2D eigenvalue weighted by Crippen LogP contribution is -2.18. The summed E-state index contributed by atoms with van der Waals surface area (Å²) in [6.07, 6.45) is 0. The molecule has 0 aromatic rings. The van der Waals surface area contributed by atoms with Gasteiger partial charge in [-0.3, -0.25) is 4.79 Å². The van der Waals surface area contributed by atoms with Gasteiger partial charge in [-0.2, -0.15) is 0 Å². The van der Waals surface area contributed by atoms with Crippen LogP contribution >= 0.6 is 12.6 Å². The molecule has 0 aliphatic heterocycles. The molecule has 0 aromatic heterocycles. The molecule has 0 radical (unpaired) electrons. The number of aliphatic hydroxyl groups excluding tert-OH is 1. The lowest BCUT2D eigenvalue weighted by Gasteiger charge is -1.95. The highest BCUT2D eigenvalue weighted by atomic mass is 32.1. The van der Waals surface area contributed by atoms with Crippen molar-refractivity contribution in [2.24, 2.45) is 0 Å². The van der Waals surface area contributed by atoms with E-state index >= 15 is 0 Å². The standard InChI is InChI=1S/C4H7NO2S/c1-3(6)2-5-4(7)8/h6H,1-2H2,(H2,5,7,8). The van der Waals surface area contributed by atoms with Gasteiger partial charge in [-0.05, 0) is 0 Å². The molecule has 0 aliphatic carbocycles. The normalized spacial score (nSPS) is 8.12. The van der Waals surface area contributed by atoms with Crippen molar-refractivity contribution in [3.05, 3.63) is 12.3 Å². The van der Waals surface area contributed by atoms with Crippen LogP contribution < -0.4 is 5.32 Å². The number of carbonyl (C=O) groups excluding carboxylic acids is 1. The van der Waals surface area contributed by atoms with E-state index in [9.17, 15) is 4.79 Å². The molecule has 0 rings (SSSR count). The van der Waals surface area contributed by atoms with Gasteiger partial charge in [0.05, 0.1) is 6.54 Å². The van der Waals surface area contributed by atoms with Crippen LogP contribution in [0, 0.1) is 0 Å². The molecule has 0 unspecified atom stereocenters. The van der Waals surface area contributed by atoms with E-state index in [1.807, 2.05) is 0 Å². The Hall–Kier alpha value is -0.640. The van der Waals surface area contributed by atoms with E-state index in [4.69, 9.17) is 5.11 Å². The van der Waals surface area contributed by atoms with Crippen LogP contribution in [0.5, 0.6) is 0 Å². The number of hydrogen-bond acceptors (Lipinski definition) is 2. The van der Waals surface area contributed by atoms with Gasteiger partial charge in [-0.25, -0.2) is 0 Å². The Kier molecular flexibility index (Phi) is 3.10. The third-order valence-corrected chi connectivity index (χ3v) is 0.602.